The van der Waals surface area contributed by atoms with Crippen LogP contribution >= 0.6 is 0 Å². The first-order valence-electron chi connectivity index (χ1n) is 15.3. The number of nitrogens with zero attached hydrogens (tertiary/aromatic N) is 3. The summed E-state index contributed by atoms with van der Waals surface area (Å²) in [5.74, 6) is 1.04. The molecular formula is C36H54N4O3. The summed E-state index contributed by atoms with van der Waals surface area (Å²) in [6.45, 7) is 27.1. The Balaban J connectivity index is 0.00000142. The molecule has 1 amide bonds. The van der Waals surface area contributed by atoms with Crippen LogP contribution in [-0.2, 0) is 4.79 Å². The van der Waals surface area contributed by atoms with Crippen molar-refractivity contribution in [1.82, 2.24) is 20.0 Å². The SMILES string of the molecule is C=C/C(=C\c1ccc(OC(=C)/C=C\C(=C/C)c2ccn[nH]2)cc1C)CN1CCN(C(=O)C(C)(C)O)CC1.CCC.CCC. The van der Waals surface area contributed by atoms with Crippen LogP contribution in [0.5, 0.6) is 5.75 Å². The first-order chi connectivity index (χ1) is 20.4. The Morgan fingerprint density at radius 3 is 2.21 bits per heavy atom. The number of rotatable bonds is 10. The molecule has 2 aromatic rings. The number of aryl methyl sites for hydroxylation is 1. The summed E-state index contributed by atoms with van der Waals surface area (Å²) < 4.78 is 5.94. The minimum Gasteiger partial charge on any atom is -0.458 e. The lowest BCUT2D eigenvalue weighted by Gasteiger charge is -2.37. The number of amides is 1. The molecule has 2 N–H and O–H groups in total. The van der Waals surface area contributed by atoms with Crippen LogP contribution in [0.1, 0.15) is 78.1 Å². The predicted octanol–water partition coefficient (Wildman–Crippen LogP) is 7.59. The van der Waals surface area contributed by atoms with E-state index in [0.29, 0.717) is 18.8 Å². The lowest BCUT2D eigenvalue weighted by Crippen LogP contribution is -2.54. The third-order valence-electron chi connectivity index (χ3n) is 6.25. The topological polar surface area (TPSA) is 81.7 Å². The number of aliphatic hydroxyl groups is 1. The Kier molecular flexibility index (Phi) is 16.9. The molecule has 0 unspecified atom stereocenters. The molecule has 1 aromatic heterocycles. The van der Waals surface area contributed by atoms with Gasteiger partial charge in [-0.2, -0.15) is 5.10 Å². The van der Waals surface area contributed by atoms with Crippen LogP contribution in [0, 0.1) is 6.92 Å². The number of benzene rings is 1. The molecule has 1 aliphatic rings. The fourth-order valence-corrected chi connectivity index (χ4v) is 4.12. The molecule has 7 nitrogen and oxygen atoms in total. The maximum atomic E-state index is 12.3. The number of H-pyrrole nitrogens is 1. The minimum atomic E-state index is -1.33. The lowest BCUT2D eigenvalue weighted by molar-refractivity contribution is -0.149. The molecule has 2 heterocycles. The maximum Gasteiger partial charge on any atom is 0.254 e. The van der Waals surface area contributed by atoms with Gasteiger partial charge >= 0.3 is 0 Å². The van der Waals surface area contributed by atoms with E-state index < -0.39 is 5.60 Å². The zero-order valence-electron chi connectivity index (χ0n) is 27.7. The summed E-state index contributed by atoms with van der Waals surface area (Å²) in [6.07, 6.45) is 14.0. The second-order valence-corrected chi connectivity index (χ2v) is 11.1. The average molecular weight is 591 g/mol. The van der Waals surface area contributed by atoms with Crippen molar-refractivity contribution in [2.24, 2.45) is 0 Å². The van der Waals surface area contributed by atoms with Gasteiger partial charge in [0.1, 0.15) is 17.1 Å². The first-order valence-corrected chi connectivity index (χ1v) is 15.3. The van der Waals surface area contributed by atoms with Crippen LogP contribution < -0.4 is 4.74 Å². The maximum absolute atomic E-state index is 12.3. The first kappa shape index (κ1) is 37.3. The third-order valence-corrected chi connectivity index (χ3v) is 6.25. The normalized spacial score (nSPS) is 14.4. The average Bonchev–Trinajstić information content (AvgIpc) is 3.49. The van der Waals surface area contributed by atoms with Crippen LogP contribution in [0.4, 0.5) is 0 Å². The molecule has 0 spiro atoms. The van der Waals surface area contributed by atoms with Gasteiger partial charge in [-0.3, -0.25) is 14.8 Å². The van der Waals surface area contributed by atoms with Gasteiger partial charge in [-0.25, -0.2) is 0 Å². The van der Waals surface area contributed by atoms with Gasteiger partial charge in [-0.15, -0.1) is 0 Å². The zero-order chi connectivity index (χ0) is 32.4. The molecule has 0 aliphatic carbocycles. The van der Waals surface area contributed by atoms with Gasteiger partial charge in [0.15, 0.2) is 0 Å². The van der Waals surface area contributed by atoms with Crippen molar-refractivity contribution < 1.29 is 14.6 Å². The number of carbonyl (C=O) groups is 1. The van der Waals surface area contributed by atoms with Crippen molar-refractivity contribution in [1.29, 1.82) is 0 Å². The molecule has 1 fully saturated rings. The molecule has 1 saturated heterocycles. The van der Waals surface area contributed by atoms with Gasteiger partial charge in [-0.1, -0.05) is 78.0 Å². The summed E-state index contributed by atoms with van der Waals surface area (Å²) >= 11 is 0. The minimum absolute atomic E-state index is 0.220. The molecule has 0 radical (unpaired) electrons. The second-order valence-electron chi connectivity index (χ2n) is 11.1. The number of ether oxygens (including phenoxy) is 1. The quantitative estimate of drug-likeness (QED) is 0.220. The van der Waals surface area contributed by atoms with Crippen molar-refractivity contribution in [2.75, 3.05) is 32.7 Å². The predicted molar refractivity (Wildman–Crippen MR) is 182 cm³/mol. The van der Waals surface area contributed by atoms with Crippen molar-refractivity contribution in [3.05, 3.63) is 96.1 Å². The van der Waals surface area contributed by atoms with E-state index in [1.54, 1.807) is 11.1 Å². The van der Waals surface area contributed by atoms with Crippen molar-refractivity contribution in [3.63, 3.8) is 0 Å². The molecule has 1 aliphatic heterocycles. The molecule has 0 bridgehead atoms. The summed E-state index contributed by atoms with van der Waals surface area (Å²) in [7, 11) is 0. The summed E-state index contributed by atoms with van der Waals surface area (Å²) in [4.78, 5) is 16.3. The van der Waals surface area contributed by atoms with Crippen molar-refractivity contribution in [3.8, 4) is 5.75 Å². The van der Waals surface area contributed by atoms with E-state index in [4.69, 9.17) is 4.74 Å². The smallest absolute Gasteiger partial charge is 0.254 e. The Bertz CT molecular complexity index is 1220. The number of hydrogen-bond donors (Lipinski definition) is 2. The number of piperazine rings is 1. The summed E-state index contributed by atoms with van der Waals surface area (Å²) in [6, 6.07) is 7.88. The zero-order valence-corrected chi connectivity index (χ0v) is 27.7. The van der Waals surface area contributed by atoms with E-state index in [-0.39, 0.29) is 5.91 Å². The molecule has 0 atom stereocenters. The highest BCUT2D eigenvalue weighted by atomic mass is 16.5. The van der Waals surface area contributed by atoms with E-state index >= 15 is 0 Å². The van der Waals surface area contributed by atoms with Gasteiger partial charge in [0.05, 0.1) is 5.69 Å². The van der Waals surface area contributed by atoms with Crippen LogP contribution in [-0.4, -0.2) is 69.3 Å². The van der Waals surface area contributed by atoms with Crippen LogP contribution in [0.2, 0.25) is 0 Å². The third kappa shape index (κ3) is 13.4. The van der Waals surface area contributed by atoms with Gasteiger partial charge in [-0.05, 0) is 80.3 Å². The Morgan fingerprint density at radius 1 is 1.09 bits per heavy atom. The number of allylic oxidation sites excluding steroid dienone is 4. The van der Waals surface area contributed by atoms with Crippen molar-refractivity contribution in [2.45, 2.75) is 73.8 Å². The molecule has 1 aromatic carbocycles. The Hall–Kier alpha value is -3.68. The number of aromatic nitrogens is 2. The summed E-state index contributed by atoms with van der Waals surface area (Å²) in [5.41, 5.74) is 3.88. The molecule has 3 rings (SSSR count). The van der Waals surface area contributed by atoms with Crippen LogP contribution in [0.3, 0.4) is 0 Å². The fraction of sp³-hybridized carbons (Fsp3) is 0.444. The van der Waals surface area contributed by atoms with Crippen molar-refractivity contribution >= 4 is 17.6 Å². The van der Waals surface area contributed by atoms with Crippen LogP contribution in [0.15, 0.2) is 79.3 Å². The second kappa shape index (κ2) is 19.5. The van der Waals surface area contributed by atoms with E-state index in [0.717, 1.165) is 53.4 Å². The number of hydrogen-bond acceptors (Lipinski definition) is 5. The number of nitrogens with one attached hydrogen (secondary N) is 1. The largest absolute Gasteiger partial charge is 0.458 e. The van der Waals surface area contributed by atoms with E-state index in [9.17, 15) is 9.90 Å². The van der Waals surface area contributed by atoms with E-state index in [1.165, 1.54) is 26.7 Å². The van der Waals surface area contributed by atoms with Gasteiger partial charge < -0.3 is 14.7 Å². The number of carbonyl (C=O) groups excluding carboxylic acids is 1. The van der Waals surface area contributed by atoms with Gasteiger partial charge in [0.25, 0.3) is 5.91 Å². The monoisotopic (exact) mass is 590 g/mol. The fourth-order valence-electron chi connectivity index (χ4n) is 4.12. The van der Waals surface area contributed by atoms with Gasteiger partial charge in [0, 0.05) is 38.9 Å². The van der Waals surface area contributed by atoms with E-state index in [1.807, 2.05) is 55.5 Å². The van der Waals surface area contributed by atoms with E-state index in [2.05, 4.69) is 68.9 Å². The number of aromatic amines is 1. The van der Waals surface area contributed by atoms with Gasteiger partial charge in [0.2, 0.25) is 0 Å². The lowest BCUT2D eigenvalue weighted by atomic mass is 10.0. The van der Waals surface area contributed by atoms with Crippen LogP contribution in [0.25, 0.3) is 11.6 Å². The summed E-state index contributed by atoms with van der Waals surface area (Å²) in [5, 5.41) is 16.9. The standard InChI is InChI=1S/C30H38N4O3.2C3H8/c1-7-24(21-33-15-17-34(18-16-33)29(35)30(5,6)36)20-26-11-12-27(19-22(26)3)37-23(4)9-10-25(8-2)28-13-14-31-32-28;2*1-3-2/h7-14,19-20,36H,1,4,15-18,21H2,2-3,5-6H3,(H,31,32);2*3H2,1-2H3/b10-9-,24-20+,25-8+;;. The highest BCUT2D eigenvalue weighted by molar-refractivity contribution is 5.84. The molecular weight excluding hydrogens is 536 g/mol. The highest BCUT2D eigenvalue weighted by Gasteiger charge is 2.31. The molecule has 43 heavy (non-hydrogen) atoms. The Labute approximate surface area is 260 Å². The molecule has 0 saturated carbocycles. The Morgan fingerprint density at radius 2 is 1.72 bits per heavy atom. The molecule has 7 heteroatoms. The molecule has 236 valence electrons. The highest BCUT2D eigenvalue weighted by Crippen LogP contribution is 2.23.